The molecule has 0 fully saturated rings. The van der Waals surface area contributed by atoms with Crippen molar-refractivity contribution in [3.63, 3.8) is 0 Å². The van der Waals surface area contributed by atoms with Gasteiger partial charge in [-0.25, -0.2) is 0 Å². The van der Waals surface area contributed by atoms with Gasteiger partial charge in [-0.05, 0) is 0 Å². The Morgan fingerprint density at radius 3 is 2.06 bits per heavy atom. The standard InChI is InChI=1S/C11H20O6S/c1-15-6-7-17-11(14)3-9-18-8-2-10(13)16-5-4-12/h12H,2-9H2,1H3. The van der Waals surface area contributed by atoms with Gasteiger partial charge in [0, 0.05) is 18.6 Å². The fraction of sp³-hybridized carbons (Fsp3) is 0.818. The van der Waals surface area contributed by atoms with Gasteiger partial charge in [0.25, 0.3) is 0 Å². The molecule has 0 heterocycles. The summed E-state index contributed by atoms with van der Waals surface area (Å²) in [6, 6.07) is 0. The lowest BCUT2D eigenvalue weighted by Gasteiger charge is -2.04. The van der Waals surface area contributed by atoms with Crippen molar-refractivity contribution in [1.82, 2.24) is 0 Å². The number of methoxy groups -OCH3 is 1. The van der Waals surface area contributed by atoms with E-state index in [2.05, 4.69) is 4.74 Å². The van der Waals surface area contributed by atoms with Crippen LogP contribution in [-0.4, -0.2) is 62.1 Å². The second kappa shape index (κ2) is 12.7. The lowest BCUT2D eigenvalue weighted by atomic mass is 10.5. The van der Waals surface area contributed by atoms with Crippen LogP contribution in [-0.2, 0) is 23.8 Å². The molecule has 0 unspecified atom stereocenters. The summed E-state index contributed by atoms with van der Waals surface area (Å²) in [7, 11) is 1.54. The molecule has 0 rings (SSSR count). The van der Waals surface area contributed by atoms with Gasteiger partial charge in [0.1, 0.15) is 13.2 Å². The van der Waals surface area contributed by atoms with Crippen molar-refractivity contribution in [3.8, 4) is 0 Å². The summed E-state index contributed by atoms with van der Waals surface area (Å²) >= 11 is 1.49. The van der Waals surface area contributed by atoms with Crippen molar-refractivity contribution in [2.45, 2.75) is 12.8 Å². The number of hydrogen-bond donors (Lipinski definition) is 1. The molecule has 0 atom stereocenters. The molecule has 0 aromatic rings. The zero-order chi connectivity index (χ0) is 13.6. The van der Waals surface area contributed by atoms with Crippen LogP contribution in [0, 0.1) is 0 Å². The maximum atomic E-state index is 11.1. The molecule has 0 saturated carbocycles. The molecule has 0 aliphatic rings. The van der Waals surface area contributed by atoms with Crippen LogP contribution >= 0.6 is 11.8 Å². The smallest absolute Gasteiger partial charge is 0.306 e. The van der Waals surface area contributed by atoms with Crippen LogP contribution < -0.4 is 0 Å². The first-order chi connectivity index (χ1) is 8.70. The first kappa shape index (κ1) is 17.2. The van der Waals surface area contributed by atoms with E-state index in [0.717, 1.165) is 0 Å². The summed E-state index contributed by atoms with van der Waals surface area (Å²) in [5.41, 5.74) is 0. The summed E-state index contributed by atoms with van der Waals surface area (Å²) in [6.45, 7) is 0.546. The predicted molar refractivity (Wildman–Crippen MR) is 67.4 cm³/mol. The zero-order valence-corrected chi connectivity index (χ0v) is 11.4. The molecule has 0 amide bonds. The Balaban J connectivity index is 3.28. The SMILES string of the molecule is COCCOC(=O)CCSCCC(=O)OCCO. The van der Waals surface area contributed by atoms with Crippen molar-refractivity contribution in [2.24, 2.45) is 0 Å². The molecule has 1 N–H and O–H groups in total. The van der Waals surface area contributed by atoms with Crippen LogP contribution in [0.25, 0.3) is 0 Å². The molecule has 0 radical (unpaired) electrons. The number of aliphatic hydroxyl groups is 1. The van der Waals surface area contributed by atoms with Crippen LogP contribution in [0.3, 0.4) is 0 Å². The summed E-state index contributed by atoms with van der Waals surface area (Å²) < 4.78 is 14.3. The van der Waals surface area contributed by atoms with Crippen LogP contribution in [0.1, 0.15) is 12.8 Å². The van der Waals surface area contributed by atoms with E-state index in [1.165, 1.54) is 11.8 Å². The monoisotopic (exact) mass is 280 g/mol. The van der Waals surface area contributed by atoms with Crippen molar-refractivity contribution >= 4 is 23.7 Å². The number of aliphatic hydroxyl groups excluding tert-OH is 1. The van der Waals surface area contributed by atoms with Crippen molar-refractivity contribution in [3.05, 3.63) is 0 Å². The highest BCUT2D eigenvalue weighted by Crippen LogP contribution is 2.06. The Morgan fingerprint density at radius 2 is 1.56 bits per heavy atom. The van der Waals surface area contributed by atoms with E-state index in [0.29, 0.717) is 24.5 Å². The van der Waals surface area contributed by atoms with Crippen molar-refractivity contribution < 1.29 is 28.9 Å². The van der Waals surface area contributed by atoms with Crippen LogP contribution in [0.4, 0.5) is 0 Å². The maximum absolute atomic E-state index is 11.1. The number of hydrogen-bond acceptors (Lipinski definition) is 7. The molecule has 18 heavy (non-hydrogen) atoms. The number of ether oxygens (including phenoxy) is 3. The van der Waals surface area contributed by atoms with Crippen LogP contribution in [0.2, 0.25) is 0 Å². The number of esters is 2. The minimum Gasteiger partial charge on any atom is -0.463 e. The third-order valence-corrected chi connectivity index (χ3v) is 2.79. The van der Waals surface area contributed by atoms with E-state index >= 15 is 0 Å². The Hall–Kier alpha value is -0.790. The highest BCUT2D eigenvalue weighted by atomic mass is 32.2. The summed E-state index contributed by atoms with van der Waals surface area (Å²) in [5, 5.41) is 8.43. The minimum absolute atomic E-state index is 0.0370. The summed E-state index contributed by atoms with van der Waals surface area (Å²) in [5.74, 6) is 0.607. The van der Waals surface area contributed by atoms with Gasteiger partial charge in [-0.1, -0.05) is 0 Å². The molecule has 106 valence electrons. The topological polar surface area (TPSA) is 82.1 Å². The van der Waals surface area contributed by atoms with Gasteiger partial charge >= 0.3 is 11.9 Å². The van der Waals surface area contributed by atoms with Crippen LogP contribution in [0.15, 0.2) is 0 Å². The number of carbonyl (C=O) groups excluding carboxylic acids is 2. The Bertz CT molecular complexity index is 234. The van der Waals surface area contributed by atoms with Gasteiger partial charge in [-0.3, -0.25) is 9.59 Å². The summed E-state index contributed by atoms with van der Waals surface area (Å²) in [6.07, 6.45) is 0.601. The maximum Gasteiger partial charge on any atom is 0.306 e. The second-order valence-electron chi connectivity index (χ2n) is 3.27. The van der Waals surface area contributed by atoms with Gasteiger partial charge in [-0.2, -0.15) is 11.8 Å². The van der Waals surface area contributed by atoms with E-state index in [4.69, 9.17) is 14.6 Å². The molecule has 0 saturated heterocycles. The molecule has 0 aliphatic carbocycles. The van der Waals surface area contributed by atoms with Gasteiger partial charge in [0.2, 0.25) is 0 Å². The molecular formula is C11H20O6S. The molecule has 0 aromatic heterocycles. The number of carbonyl (C=O) groups is 2. The number of thioether (sulfide) groups is 1. The molecular weight excluding hydrogens is 260 g/mol. The van der Waals surface area contributed by atoms with E-state index in [-0.39, 0.29) is 38.2 Å². The van der Waals surface area contributed by atoms with Gasteiger partial charge in [-0.15, -0.1) is 0 Å². The van der Waals surface area contributed by atoms with E-state index in [9.17, 15) is 9.59 Å². The Labute approximate surface area is 111 Å². The third kappa shape index (κ3) is 11.7. The second-order valence-corrected chi connectivity index (χ2v) is 4.49. The average Bonchev–Trinajstić information content (AvgIpc) is 2.36. The highest BCUT2D eigenvalue weighted by molar-refractivity contribution is 7.99. The first-order valence-corrected chi connectivity index (χ1v) is 6.85. The third-order valence-electron chi connectivity index (χ3n) is 1.81. The molecule has 0 bridgehead atoms. The molecule has 0 spiro atoms. The highest BCUT2D eigenvalue weighted by Gasteiger charge is 2.05. The summed E-state index contributed by atoms with van der Waals surface area (Å²) in [4.78, 5) is 22.2. The minimum atomic E-state index is -0.334. The Kier molecular flexibility index (Phi) is 12.1. The van der Waals surface area contributed by atoms with Crippen molar-refractivity contribution in [1.29, 1.82) is 0 Å². The molecule has 7 heteroatoms. The van der Waals surface area contributed by atoms with E-state index in [1.54, 1.807) is 7.11 Å². The van der Waals surface area contributed by atoms with Gasteiger partial charge in [0.15, 0.2) is 0 Å². The Morgan fingerprint density at radius 1 is 1.00 bits per heavy atom. The van der Waals surface area contributed by atoms with Crippen molar-refractivity contribution in [2.75, 3.05) is 45.0 Å². The van der Waals surface area contributed by atoms with Gasteiger partial charge < -0.3 is 19.3 Å². The van der Waals surface area contributed by atoms with Crippen LogP contribution in [0.5, 0.6) is 0 Å². The average molecular weight is 280 g/mol. The largest absolute Gasteiger partial charge is 0.463 e. The lowest BCUT2D eigenvalue weighted by Crippen LogP contribution is -2.11. The molecule has 0 aromatic carbocycles. The molecule has 0 aliphatic heterocycles. The predicted octanol–water partition coefficient (Wildman–Crippen LogP) is 0.225. The first-order valence-electron chi connectivity index (χ1n) is 5.69. The quantitative estimate of drug-likeness (QED) is 0.428. The lowest BCUT2D eigenvalue weighted by molar-refractivity contribution is -0.145. The zero-order valence-electron chi connectivity index (χ0n) is 10.6. The van der Waals surface area contributed by atoms with E-state index in [1.807, 2.05) is 0 Å². The molecule has 6 nitrogen and oxygen atoms in total. The fourth-order valence-electron chi connectivity index (χ4n) is 0.956. The van der Waals surface area contributed by atoms with E-state index < -0.39 is 0 Å². The number of rotatable bonds is 11. The normalized spacial score (nSPS) is 10.1. The fourth-order valence-corrected chi connectivity index (χ4v) is 1.78. The van der Waals surface area contributed by atoms with Gasteiger partial charge in [0.05, 0.1) is 26.1 Å².